The van der Waals surface area contributed by atoms with E-state index in [0.717, 1.165) is 41.7 Å². The lowest BCUT2D eigenvalue weighted by atomic mass is 10.2. The first-order valence-electron chi connectivity index (χ1n) is 8.02. The molecular weight excluding hydrogens is 312 g/mol. The molecule has 0 saturated heterocycles. The van der Waals surface area contributed by atoms with Gasteiger partial charge in [0.15, 0.2) is 0 Å². The van der Waals surface area contributed by atoms with E-state index in [-0.39, 0.29) is 11.6 Å². The van der Waals surface area contributed by atoms with Gasteiger partial charge in [0.1, 0.15) is 5.58 Å². The average molecular weight is 334 g/mol. The maximum atomic E-state index is 11.6. The van der Waals surface area contributed by atoms with Gasteiger partial charge in [-0.15, -0.1) is 11.8 Å². The number of hydrogen-bond acceptors (Lipinski definition) is 5. The van der Waals surface area contributed by atoms with Gasteiger partial charge in [0.2, 0.25) is 0 Å². The van der Waals surface area contributed by atoms with Crippen molar-refractivity contribution in [3.63, 3.8) is 0 Å². The van der Waals surface area contributed by atoms with Gasteiger partial charge in [0.05, 0.1) is 6.61 Å². The number of rotatable bonds is 9. The minimum absolute atomic E-state index is 0.129. The lowest BCUT2D eigenvalue weighted by Crippen LogP contribution is -2.03. The summed E-state index contributed by atoms with van der Waals surface area (Å²) in [6.45, 7) is 2.32. The molecule has 1 aromatic heterocycles. The van der Waals surface area contributed by atoms with Crippen LogP contribution in [0, 0.1) is 0 Å². The first-order valence-corrected chi connectivity index (χ1v) is 9.00. The Balaban J connectivity index is 1.71. The van der Waals surface area contributed by atoms with Crippen LogP contribution in [0.3, 0.4) is 0 Å². The van der Waals surface area contributed by atoms with Crippen molar-refractivity contribution in [2.75, 3.05) is 12.4 Å². The predicted molar refractivity (Wildman–Crippen MR) is 92.9 cm³/mol. The molecule has 0 atom stereocenters. The molecule has 0 aliphatic carbocycles. The lowest BCUT2D eigenvalue weighted by molar-refractivity contribution is -0.143. The molecule has 2 rings (SSSR count). The first-order chi connectivity index (χ1) is 11.2. The quantitative estimate of drug-likeness (QED) is 0.294. The SMILES string of the molecule is CCC(=O)OCCCCCCSc1cc(=O)oc2ccccc12. The van der Waals surface area contributed by atoms with Gasteiger partial charge in [-0.3, -0.25) is 4.79 Å². The van der Waals surface area contributed by atoms with E-state index in [1.807, 2.05) is 24.3 Å². The Labute approximate surface area is 140 Å². The van der Waals surface area contributed by atoms with E-state index in [4.69, 9.17) is 9.15 Å². The summed E-state index contributed by atoms with van der Waals surface area (Å²) in [4.78, 5) is 23.5. The fourth-order valence-corrected chi connectivity index (χ4v) is 3.30. The number of carbonyl (C=O) groups excluding carboxylic acids is 1. The highest BCUT2D eigenvalue weighted by Crippen LogP contribution is 2.27. The van der Waals surface area contributed by atoms with Crippen molar-refractivity contribution in [1.29, 1.82) is 0 Å². The van der Waals surface area contributed by atoms with Crippen LogP contribution in [-0.2, 0) is 9.53 Å². The predicted octanol–water partition coefficient (Wildman–Crippen LogP) is 4.40. The zero-order valence-corrected chi connectivity index (χ0v) is 14.2. The van der Waals surface area contributed by atoms with Gasteiger partial charge < -0.3 is 9.15 Å². The molecule has 0 amide bonds. The van der Waals surface area contributed by atoms with Gasteiger partial charge in [-0.25, -0.2) is 4.79 Å². The highest BCUT2D eigenvalue weighted by Gasteiger charge is 2.05. The molecule has 1 heterocycles. The van der Waals surface area contributed by atoms with E-state index in [0.29, 0.717) is 18.6 Å². The van der Waals surface area contributed by atoms with Crippen LogP contribution in [-0.4, -0.2) is 18.3 Å². The summed E-state index contributed by atoms with van der Waals surface area (Å²) < 4.78 is 10.2. The van der Waals surface area contributed by atoms with Crippen LogP contribution in [0.1, 0.15) is 39.0 Å². The van der Waals surface area contributed by atoms with Crippen LogP contribution in [0.2, 0.25) is 0 Å². The molecule has 2 aromatic rings. The Morgan fingerprint density at radius 2 is 1.96 bits per heavy atom. The van der Waals surface area contributed by atoms with Crippen LogP contribution in [0.5, 0.6) is 0 Å². The topological polar surface area (TPSA) is 56.5 Å². The Hall–Kier alpha value is -1.75. The summed E-state index contributed by atoms with van der Waals surface area (Å²) in [6.07, 6.45) is 4.57. The molecule has 0 saturated carbocycles. The number of carbonyl (C=O) groups is 1. The minimum Gasteiger partial charge on any atom is -0.466 e. The van der Waals surface area contributed by atoms with E-state index < -0.39 is 0 Å². The van der Waals surface area contributed by atoms with Gasteiger partial charge >= 0.3 is 11.6 Å². The Bertz CT molecular complexity index is 693. The maximum absolute atomic E-state index is 11.6. The second-order valence-corrected chi connectivity index (χ2v) is 6.40. The number of hydrogen-bond donors (Lipinski definition) is 0. The van der Waals surface area contributed by atoms with E-state index in [1.54, 1.807) is 24.8 Å². The van der Waals surface area contributed by atoms with E-state index in [9.17, 15) is 9.59 Å². The van der Waals surface area contributed by atoms with Crippen molar-refractivity contribution in [2.45, 2.75) is 43.9 Å². The smallest absolute Gasteiger partial charge is 0.337 e. The number of para-hydroxylation sites is 1. The number of fused-ring (bicyclic) bond motifs is 1. The molecule has 0 radical (unpaired) electrons. The van der Waals surface area contributed by atoms with Gasteiger partial charge in [-0.1, -0.05) is 38.0 Å². The van der Waals surface area contributed by atoms with Crippen molar-refractivity contribution in [3.05, 3.63) is 40.8 Å². The Morgan fingerprint density at radius 3 is 2.78 bits per heavy atom. The van der Waals surface area contributed by atoms with Crippen LogP contribution in [0.4, 0.5) is 0 Å². The van der Waals surface area contributed by atoms with E-state index >= 15 is 0 Å². The molecule has 0 spiro atoms. The number of ether oxygens (including phenoxy) is 1. The van der Waals surface area contributed by atoms with Crippen LogP contribution in [0.25, 0.3) is 11.0 Å². The summed E-state index contributed by atoms with van der Waals surface area (Å²) in [7, 11) is 0. The summed E-state index contributed by atoms with van der Waals surface area (Å²) in [6, 6.07) is 9.17. The largest absolute Gasteiger partial charge is 0.466 e. The zero-order chi connectivity index (χ0) is 16.5. The standard InChI is InChI=1S/C18H22O4S/c1-2-17(19)21-11-7-3-4-8-12-23-16-13-18(20)22-15-10-6-5-9-14(15)16/h5-6,9-10,13H,2-4,7-8,11-12H2,1H3. The molecule has 5 heteroatoms. The Kier molecular flexibility index (Phi) is 7.20. The van der Waals surface area contributed by atoms with Crippen molar-refractivity contribution in [3.8, 4) is 0 Å². The number of unbranched alkanes of at least 4 members (excludes halogenated alkanes) is 3. The van der Waals surface area contributed by atoms with Crippen LogP contribution in [0.15, 0.2) is 44.4 Å². The summed E-state index contributed by atoms with van der Waals surface area (Å²) in [5.41, 5.74) is 0.337. The molecule has 0 bridgehead atoms. The third-order valence-corrected chi connectivity index (χ3v) is 4.60. The highest BCUT2D eigenvalue weighted by atomic mass is 32.2. The van der Waals surface area contributed by atoms with Gasteiger partial charge in [0.25, 0.3) is 0 Å². The second kappa shape index (κ2) is 9.40. The lowest BCUT2D eigenvalue weighted by Gasteiger charge is -2.05. The number of thioether (sulfide) groups is 1. The maximum Gasteiger partial charge on any atom is 0.337 e. The minimum atomic E-state index is -0.302. The summed E-state index contributed by atoms with van der Waals surface area (Å²) in [5.74, 6) is 0.831. The van der Waals surface area contributed by atoms with Gasteiger partial charge in [-0.05, 0) is 24.7 Å². The second-order valence-electron chi connectivity index (χ2n) is 5.26. The van der Waals surface area contributed by atoms with Gasteiger partial charge in [0, 0.05) is 22.8 Å². The van der Waals surface area contributed by atoms with E-state index in [1.165, 1.54) is 0 Å². The number of esters is 1. The third-order valence-electron chi connectivity index (χ3n) is 3.46. The van der Waals surface area contributed by atoms with Crippen molar-refractivity contribution >= 4 is 28.7 Å². The van der Waals surface area contributed by atoms with Crippen molar-refractivity contribution < 1.29 is 13.9 Å². The molecule has 4 nitrogen and oxygen atoms in total. The summed E-state index contributed by atoms with van der Waals surface area (Å²) in [5, 5.41) is 0.989. The molecule has 0 unspecified atom stereocenters. The van der Waals surface area contributed by atoms with Crippen molar-refractivity contribution in [1.82, 2.24) is 0 Å². The Morgan fingerprint density at radius 1 is 1.17 bits per heavy atom. The molecule has 0 aliphatic rings. The third kappa shape index (κ3) is 5.75. The first kappa shape index (κ1) is 17.6. The van der Waals surface area contributed by atoms with Crippen LogP contribution >= 0.6 is 11.8 Å². The zero-order valence-electron chi connectivity index (χ0n) is 13.4. The number of benzene rings is 1. The van der Waals surface area contributed by atoms with Crippen LogP contribution < -0.4 is 5.63 Å². The molecule has 124 valence electrons. The normalized spacial score (nSPS) is 10.8. The molecule has 0 N–H and O–H groups in total. The summed E-state index contributed by atoms with van der Waals surface area (Å²) >= 11 is 1.69. The molecule has 1 aromatic carbocycles. The fraction of sp³-hybridized carbons (Fsp3) is 0.444. The molecule has 23 heavy (non-hydrogen) atoms. The fourth-order valence-electron chi connectivity index (χ4n) is 2.23. The highest BCUT2D eigenvalue weighted by molar-refractivity contribution is 7.99. The van der Waals surface area contributed by atoms with Gasteiger partial charge in [-0.2, -0.15) is 0 Å². The monoisotopic (exact) mass is 334 g/mol. The molecule has 0 aliphatic heterocycles. The van der Waals surface area contributed by atoms with Crippen molar-refractivity contribution in [2.24, 2.45) is 0 Å². The molecule has 0 fully saturated rings. The molecular formula is C18H22O4S. The average Bonchev–Trinajstić information content (AvgIpc) is 2.56. The van der Waals surface area contributed by atoms with E-state index in [2.05, 4.69) is 0 Å².